The van der Waals surface area contributed by atoms with Crippen LogP contribution < -0.4 is 4.72 Å². The van der Waals surface area contributed by atoms with E-state index in [1.807, 2.05) is 18.2 Å². The van der Waals surface area contributed by atoms with Crippen LogP contribution in [0.25, 0.3) is 0 Å². The molecule has 0 heterocycles. The topological polar surface area (TPSA) is 29.1 Å². The number of hydrogen-bond acceptors (Lipinski definition) is 2. The summed E-state index contributed by atoms with van der Waals surface area (Å²) >= 11 is 6.98. The van der Waals surface area contributed by atoms with Gasteiger partial charge in [-0.25, -0.2) is 0 Å². The van der Waals surface area contributed by atoms with Gasteiger partial charge in [0.25, 0.3) is 0 Å². The third-order valence-corrected chi connectivity index (χ3v) is 2.29. The summed E-state index contributed by atoms with van der Waals surface area (Å²) in [6, 6.07) is 7.31. The maximum atomic E-state index is 9.91. The lowest BCUT2D eigenvalue weighted by atomic mass is 10.4. The Bertz CT molecular complexity index is 254. The van der Waals surface area contributed by atoms with E-state index in [4.69, 9.17) is 11.6 Å². The molecule has 0 fully saturated rings. The molecule has 0 spiro atoms. The summed E-state index contributed by atoms with van der Waals surface area (Å²) in [5.74, 6) is 0. The number of benzene rings is 1. The van der Waals surface area contributed by atoms with Gasteiger partial charge < -0.3 is 0 Å². The van der Waals surface area contributed by atoms with E-state index in [2.05, 4.69) is 4.72 Å². The normalized spacial score (nSPS) is 9.18. The second kappa shape index (κ2) is 4.26. The third kappa shape index (κ3) is 2.44. The van der Waals surface area contributed by atoms with Crippen LogP contribution in [0.15, 0.2) is 29.2 Å². The maximum Gasteiger partial charge on any atom is 0.217 e. The summed E-state index contributed by atoms with van der Waals surface area (Å²) in [6.45, 7) is 0. The fraction of sp³-hybridized carbons (Fsp3) is 0. The van der Waals surface area contributed by atoms with Crippen molar-refractivity contribution in [2.75, 3.05) is 0 Å². The number of nitrogens with one attached hydrogen (secondary N) is 1. The van der Waals surface area contributed by atoms with Crippen LogP contribution in [0.5, 0.6) is 0 Å². The molecular formula is C7H6ClNOS. The Hall–Kier alpha value is -0.670. The second-order valence-electron chi connectivity index (χ2n) is 1.77. The van der Waals surface area contributed by atoms with E-state index in [0.29, 0.717) is 11.4 Å². The number of rotatable bonds is 3. The molecule has 0 bridgehead atoms. The van der Waals surface area contributed by atoms with Crippen LogP contribution in [0.4, 0.5) is 0 Å². The Morgan fingerprint density at radius 2 is 2.18 bits per heavy atom. The van der Waals surface area contributed by atoms with Crippen LogP contribution in [0.2, 0.25) is 5.02 Å². The molecule has 1 rings (SSSR count). The summed E-state index contributed by atoms with van der Waals surface area (Å²) in [5, 5.41) is 0.645. The number of halogens is 1. The minimum Gasteiger partial charge on any atom is -0.299 e. The molecule has 0 aromatic heterocycles. The largest absolute Gasteiger partial charge is 0.299 e. The fourth-order valence-corrected chi connectivity index (χ4v) is 1.35. The highest BCUT2D eigenvalue weighted by atomic mass is 35.5. The molecule has 0 radical (unpaired) electrons. The van der Waals surface area contributed by atoms with Crippen LogP contribution in [0.1, 0.15) is 0 Å². The van der Waals surface area contributed by atoms with Crippen molar-refractivity contribution < 1.29 is 4.79 Å². The highest BCUT2D eigenvalue weighted by Crippen LogP contribution is 2.23. The summed E-state index contributed by atoms with van der Waals surface area (Å²) in [6.07, 6.45) is 0.619. The molecule has 0 unspecified atom stereocenters. The molecule has 0 aliphatic carbocycles. The van der Waals surface area contributed by atoms with E-state index >= 15 is 0 Å². The monoisotopic (exact) mass is 187 g/mol. The SMILES string of the molecule is O=CNSc1ccccc1Cl. The first-order valence-electron chi connectivity index (χ1n) is 2.95. The highest BCUT2D eigenvalue weighted by molar-refractivity contribution is 7.98. The molecule has 0 atom stereocenters. The van der Waals surface area contributed by atoms with E-state index in [1.54, 1.807) is 6.07 Å². The van der Waals surface area contributed by atoms with E-state index in [9.17, 15) is 4.79 Å². The maximum absolute atomic E-state index is 9.91. The van der Waals surface area contributed by atoms with Gasteiger partial charge in [-0.2, -0.15) is 0 Å². The Morgan fingerprint density at radius 3 is 2.82 bits per heavy atom. The first kappa shape index (κ1) is 8.43. The second-order valence-corrected chi connectivity index (χ2v) is 3.06. The predicted octanol–water partition coefficient (Wildman–Crippen LogP) is 2.09. The zero-order valence-corrected chi connectivity index (χ0v) is 7.15. The fourth-order valence-electron chi connectivity index (χ4n) is 0.615. The molecule has 1 aromatic carbocycles. The van der Waals surface area contributed by atoms with Gasteiger partial charge in [0.15, 0.2) is 0 Å². The van der Waals surface area contributed by atoms with E-state index in [0.717, 1.165) is 4.90 Å². The summed E-state index contributed by atoms with van der Waals surface area (Å²) in [4.78, 5) is 10.8. The molecule has 2 nitrogen and oxygen atoms in total. The van der Waals surface area contributed by atoms with E-state index in [1.165, 1.54) is 11.9 Å². The van der Waals surface area contributed by atoms with Gasteiger partial charge in [-0.1, -0.05) is 23.7 Å². The predicted molar refractivity (Wildman–Crippen MR) is 46.5 cm³/mol. The van der Waals surface area contributed by atoms with Gasteiger partial charge in [-0.3, -0.25) is 9.52 Å². The number of carbonyl (C=O) groups excluding carboxylic acids is 1. The van der Waals surface area contributed by atoms with Gasteiger partial charge in [-0.05, 0) is 24.1 Å². The molecular weight excluding hydrogens is 182 g/mol. The number of carbonyl (C=O) groups is 1. The van der Waals surface area contributed by atoms with Crippen molar-refractivity contribution >= 4 is 30.0 Å². The molecule has 4 heteroatoms. The Labute approximate surface area is 74.1 Å². The molecule has 0 saturated carbocycles. The average Bonchev–Trinajstić information content (AvgIpc) is 2.03. The molecule has 0 aliphatic rings. The summed E-state index contributed by atoms with van der Waals surface area (Å²) in [7, 11) is 0. The van der Waals surface area contributed by atoms with E-state index < -0.39 is 0 Å². The molecule has 1 aromatic rings. The van der Waals surface area contributed by atoms with Crippen molar-refractivity contribution in [3.8, 4) is 0 Å². The minimum absolute atomic E-state index is 0.619. The average molecular weight is 188 g/mol. The lowest BCUT2D eigenvalue weighted by Crippen LogP contribution is -1.96. The first-order chi connectivity index (χ1) is 5.34. The van der Waals surface area contributed by atoms with Crippen molar-refractivity contribution in [3.63, 3.8) is 0 Å². The van der Waals surface area contributed by atoms with Crippen LogP contribution in [-0.2, 0) is 4.79 Å². The molecule has 0 saturated heterocycles. The zero-order valence-electron chi connectivity index (χ0n) is 5.58. The molecule has 11 heavy (non-hydrogen) atoms. The number of hydrogen-bond donors (Lipinski definition) is 1. The van der Waals surface area contributed by atoms with Crippen LogP contribution in [0.3, 0.4) is 0 Å². The van der Waals surface area contributed by atoms with Crippen LogP contribution in [0, 0.1) is 0 Å². The molecule has 58 valence electrons. The zero-order chi connectivity index (χ0) is 8.10. The quantitative estimate of drug-likeness (QED) is 0.580. The van der Waals surface area contributed by atoms with Crippen molar-refractivity contribution in [2.45, 2.75) is 4.90 Å². The van der Waals surface area contributed by atoms with Crippen LogP contribution >= 0.6 is 23.5 Å². The van der Waals surface area contributed by atoms with Crippen molar-refractivity contribution in [3.05, 3.63) is 29.3 Å². The lowest BCUT2D eigenvalue weighted by Gasteiger charge is -1.99. The number of amides is 1. The summed E-state index contributed by atoms with van der Waals surface area (Å²) < 4.78 is 2.46. The van der Waals surface area contributed by atoms with Crippen molar-refractivity contribution in [2.24, 2.45) is 0 Å². The van der Waals surface area contributed by atoms with Crippen LogP contribution in [-0.4, -0.2) is 6.41 Å². The van der Waals surface area contributed by atoms with Gasteiger partial charge in [0.1, 0.15) is 0 Å². The minimum atomic E-state index is 0.619. The molecule has 1 amide bonds. The van der Waals surface area contributed by atoms with Crippen molar-refractivity contribution in [1.29, 1.82) is 0 Å². The third-order valence-electron chi connectivity index (χ3n) is 1.05. The molecule has 1 N–H and O–H groups in total. The Balaban J connectivity index is 2.69. The first-order valence-corrected chi connectivity index (χ1v) is 4.14. The van der Waals surface area contributed by atoms with Gasteiger partial charge in [0.05, 0.1) is 5.02 Å². The van der Waals surface area contributed by atoms with E-state index in [-0.39, 0.29) is 0 Å². The molecule has 0 aliphatic heterocycles. The van der Waals surface area contributed by atoms with Gasteiger partial charge in [0.2, 0.25) is 6.41 Å². The lowest BCUT2D eigenvalue weighted by molar-refractivity contribution is -0.107. The van der Waals surface area contributed by atoms with Gasteiger partial charge >= 0.3 is 0 Å². The highest BCUT2D eigenvalue weighted by Gasteiger charge is 1.96. The summed E-state index contributed by atoms with van der Waals surface area (Å²) in [5.41, 5.74) is 0. The smallest absolute Gasteiger partial charge is 0.217 e. The Kier molecular flexibility index (Phi) is 3.26. The van der Waals surface area contributed by atoms with Crippen molar-refractivity contribution in [1.82, 2.24) is 4.72 Å². The standard InChI is InChI=1S/C7H6ClNOS/c8-6-3-1-2-4-7(6)11-9-5-10/h1-5H,(H,9,10). The Morgan fingerprint density at radius 1 is 1.45 bits per heavy atom. The van der Waals surface area contributed by atoms with Gasteiger partial charge in [0, 0.05) is 4.90 Å². The van der Waals surface area contributed by atoms with Gasteiger partial charge in [-0.15, -0.1) is 0 Å².